The van der Waals surface area contributed by atoms with Gasteiger partial charge in [-0.15, -0.1) is 5.06 Å². The van der Waals surface area contributed by atoms with Gasteiger partial charge in [-0.2, -0.15) is 0 Å². The number of anilines is 2. The van der Waals surface area contributed by atoms with Crippen molar-refractivity contribution in [2.45, 2.75) is 39.3 Å². The van der Waals surface area contributed by atoms with Crippen LogP contribution in [-0.2, 0) is 22.5 Å². The minimum Gasteiger partial charge on any atom is -0.457 e. The molecule has 2 N–H and O–H groups in total. The molecule has 0 spiro atoms. The summed E-state index contributed by atoms with van der Waals surface area (Å²) in [6.45, 7) is 6.48. The molecule has 0 atom stereocenters. The maximum Gasteiger partial charge on any atom is 0.528 e. The first kappa shape index (κ1) is 22.7. The Kier molecular flexibility index (Phi) is 6.05. The number of ether oxygens (including phenoxy) is 2. The predicted octanol–water partition coefficient (Wildman–Crippen LogP) is 6.32. The Morgan fingerprint density at radius 1 is 1.03 bits per heavy atom. The second kappa shape index (κ2) is 9.31. The van der Waals surface area contributed by atoms with Crippen LogP contribution in [0.5, 0.6) is 11.5 Å². The summed E-state index contributed by atoms with van der Waals surface area (Å²) in [5.74, 6) is 1.56. The van der Waals surface area contributed by atoms with Crippen molar-refractivity contribution < 1.29 is 19.1 Å². The Morgan fingerprint density at radius 2 is 1.77 bits per heavy atom. The van der Waals surface area contributed by atoms with E-state index in [1.807, 2.05) is 75.4 Å². The van der Waals surface area contributed by atoms with E-state index in [-0.39, 0.29) is 0 Å². The Balaban J connectivity index is 1.28. The first-order valence-electron chi connectivity index (χ1n) is 11.6. The van der Waals surface area contributed by atoms with Crippen molar-refractivity contribution in [2.75, 3.05) is 11.9 Å². The van der Waals surface area contributed by atoms with Gasteiger partial charge in [-0.3, -0.25) is 0 Å². The number of rotatable bonds is 5. The lowest BCUT2D eigenvalue weighted by atomic mass is 10.1. The van der Waals surface area contributed by atoms with Crippen LogP contribution in [0.15, 0.2) is 66.9 Å². The minimum absolute atomic E-state index is 0.464. The van der Waals surface area contributed by atoms with E-state index in [1.165, 1.54) is 0 Å². The fourth-order valence-corrected chi connectivity index (χ4v) is 3.98. The van der Waals surface area contributed by atoms with Crippen molar-refractivity contribution in [1.29, 1.82) is 0 Å². The molecule has 4 aromatic rings. The number of carbonyl (C=O) groups excluding carboxylic acids is 1. The first-order chi connectivity index (χ1) is 16.8. The highest BCUT2D eigenvalue weighted by atomic mass is 16.8. The zero-order valence-electron chi connectivity index (χ0n) is 20.0. The van der Waals surface area contributed by atoms with Gasteiger partial charge in [0.05, 0.1) is 18.4 Å². The average Bonchev–Trinajstić information content (AvgIpc) is 3.17. The molecule has 0 aliphatic carbocycles. The Morgan fingerprint density at radius 3 is 2.51 bits per heavy atom. The van der Waals surface area contributed by atoms with E-state index in [2.05, 4.69) is 21.4 Å². The molecular formula is C27H28N4O4. The third-order valence-corrected chi connectivity index (χ3v) is 5.51. The van der Waals surface area contributed by atoms with Crippen LogP contribution in [0.25, 0.3) is 11.0 Å². The first-order valence-corrected chi connectivity index (χ1v) is 11.6. The van der Waals surface area contributed by atoms with Gasteiger partial charge in [0.2, 0.25) is 0 Å². The van der Waals surface area contributed by atoms with Crippen LogP contribution in [0, 0.1) is 0 Å². The summed E-state index contributed by atoms with van der Waals surface area (Å²) in [6.07, 6.45) is 1.83. The number of hydrogen-bond donors (Lipinski definition) is 2. The summed E-state index contributed by atoms with van der Waals surface area (Å²) in [6, 6.07) is 19.5. The van der Waals surface area contributed by atoms with Gasteiger partial charge < -0.3 is 24.6 Å². The van der Waals surface area contributed by atoms with Gasteiger partial charge in [-0.05, 0) is 68.8 Å². The number of H-pyrrole nitrogens is 1. The molecule has 1 aliphatic rings. The molecule has 180 valence electrons. The molecule has 0 fully saturated rings. The van der Waals surface area contributed by atoms with Gasteiger partial charge in [-0.25, -0.2) is 9.78 Å². The zero-order chi connectivity index (χ0) is 24.4. The molecule has 8 nitrogen and oxygen atoms in total. The summed E-state index contributed by atoms with van der Waals surface area (Å²) in [5, 5.41) is 6.03. The van der Waals surface area contributed by atoms with Crippen LogP contribution in [0.1, 0.15) is 32.0 Å². The normalized spacial score (nSPS) is 13.8. The highest BCUT2D eigenvalue weighted by molar-refractivity contribution is 5.85. The number of fused-ring (bicyclic) bond motifs is 3. The Bertz CT molecular complexity index is 1330. The van der Waals surface area contributed by atoms with Crippen molar-refractivity contribution in [1.82, 2.24) is 15.0 Å². The third kappa shape index (κ3) is 5.55. The lowest BCUT2D eigenvalue weighted by molar-refractivity contribution is -0.151. The van der Waals surface area contributed by atoms with E-state index in [0.29, 0.717) is 13.1 Å². The fourth-order valence-electron chi connectivity index (χ4n) is 3.98. The smallest absolute Gasteiger partial charge is 0.457 e. The van der Waals surface area contributed by atoms with Gasteiger partial charge in [0.15, 0.2) is 0 Å². The van der Waals surface area contributed by atoms with E-state index in [4.69, 9.17) is 14.3 Å². The molecule has 0 unspecified atom stereocenters. The van der Waals surface area contributed by atoms with Crippen molar-refractivity contribution in [3.63, 3.8) is 0 Å². The van der Waals surface area contributed by atoms with Crippen molar-refractivity contribution in [2.24, 2.45) is 0 Å². The van der Waals surface area contributed by atoms with Crippen molar-refractivity contribution >= 4 is 28.6 Å². The van der Waals surface area contributed by atoms with Crippen LogP contribution in [0.3, 0.4) is 0 Å². The molecule has 0 saturated carbocycles. The van der Waals surface area contributed by atoms with E-state index in [0.717, 1.165) is 51.6 Å². The number of aromatic nitrogens is 2. The molecule has 0 radical (unpaired) electrons. The predicted molar refractivity (Wildman–Crippen MR) is 134 cm³/mol. The molecule has 2 aromatic heterocycles. The van der Waals surface area contributed by atoms with Gasteiger partial charge in [-0.1, -0.05) is 18.2 Å². The summed E-state index contributed by atoms with van der Waals surface area (Å²) >= 11 is 0. The number of aromatic amines is 1. The average molecular weight is 473 g/mol. The molecule has 2 aromatic carbocycles. The minimum atomic E-state index is -0.694. The molecule has 0 amide bonds. The number of pyridine rings is 1. The Labute approximate surface area is 203 Å². The molecule has 8 heteroatoms. The van der Waals surface area contributed by atoms with Crippen LogP contribution >= 0.6 is 0 Å². The fraction of sp³-hybridized carbons (Fsp3) is 0.259. The summed E-state index contributed by atoms with van der Waals surface area (Å²) in [4.78, 5) is 25.5. The van der Waals surface area contributed by atoms with Gasteiger partial charge in [0.25, 0.3) is 0 Å². The number of hydroxylamine groups is 2. The van der Waals surface area contributed by atoms with Crippen molar-refractivity contribution in [3.8, 4) is 11.5 Å². The van der Waals surface area contributed by atoms with Gasteiger partial charge >= 0.3 is 6.16 Å². The number of nitrogens with one attached hydrogen (secondary N) is 2. The highest BCUT2D eigenvalue weighted by Gasteiger charge is 2.26. The van der Waals surface area contributed by atoms with Crippen LogP contribution in [-0.4, -0.2) is 33.3 Å². The van der Waals surface area contributed by atoms with Gasteiger partial charge in [0, 0.05) is 29.7 Å². The van der Waals surface area contributed by atoms with Crippen LogP contribution in [0.4, 0.5) is 16.2 Å². The zero-order valence-corrected chi connectivity index (χ0v) is 20.0. The molecule has 35 heavy (non-hydrogen) atoms. The topological polar surface area (TPSA) is 88.7 Å². The summed E-state index contributed by atoms with van der Waals surface area (Å²) in [5.41, 5.74) is 4.17. The number of para-hydroxylation sites is 1. The standard InChI is InChI=1S/C27H28N4O4/c1-27(2,3)34-26(32)35-31-14-13-24-23(17-31)22-15-19(16-28-25(22)30-24)29-18-9-11-21(12-10-18)33-20-7-5-4-6-8-20/h4-12,15-16,29H,13-14,17H2,1-3H3,(H,28,30). The van der Waals surface area contributed by atoms with E-state index >= 15 is 0 Å². The van der Waals surface area contributed by atoms with E-state index in [1.54, 1.807) is 11.3 Å². The quantitative estimate of drug-likeness (QED) is 0.328. The lowest BCUT2D eigenvalue weighted by Gasteiger charge is -2.27. The number of hydrogen-bond acceptors (Lipinski definition) is 7. The second-order valence-electron chi connectivity index (χ2n) is 9.44. The van der Waals surface area contributed by atoms with Crippen LogP contribution in [0.2, 0.25) is 0 Å². The monoisotopic (exact) mass is 472 g/mol. The molecule has 3 heterocycles. The largest absolute Gasteiger partial charge is 0.528 e. The van der Waals surface area contributed by atoms with Crippen LogP contribution < -0.4 is 10.1 Å². The van der Waals surface area contributed by atoms with Crippen molar-refractivity contribution in [3.05, 3.63) is 78.1 Å². The third-order valence-electron chi connectivity index (χ3n) is 5.51. The summed E-state index contributed by atoms with van der Waals surface area (Å²) < 4.78 is 11.1. The SMILES string of the molecule is CC(C)(C)OC(=O)ON1CCc2[nH]c3ncc(Nc4ccc(Oc5ccccc5)cc4)cc3c2C1. The molecular weight excluding hydrogens is 444 g/mol. The maximum absolute atomic E-state index is 12.1. The number of carbonyl (C=O) groups is 1. The lowest BCUT2D eigenvalue weighted by Crippen LogP contribution is -2.35. The van der Waals surface area contributed by atoms with E-state index < -0.39 is 11.8 Å². The molecule has 1 aliphatic heterocycles. The summed E-state index contributed by atoms with van der Waals surface area (Å²) in [7, 11) is 0. The van der Waals surface area contributed by atoms with Gasteiger partial charge in [0.1, 0.15) is 22.7 Å². The highest BCUT2D eigenvalue weighted by Crippen LogP contribution is 2.30. The molecule has 0 bridgehead atoms. The molecule has 0 saturated heterocycles. The maximum atomic E-state index is 12.1. The van der Waals surface area contributed by atoms with E-state index in [9.17, 15) is 4.79 Å². The second-order valence-corrected chi connectivity index (χ2v) is 9.44. The number of nitrogens with zero attached hydrogens (tertiary/aromatic N) is 2. The number of benzene rings is 2. The molecule has 5 rings (SSSR count). The Hall–Kier alpha value is -4.04.